The summed E-state index contributed by atoms with van der Waals surface area (Å²) in [5.41, 5.74) is 8.14. The lowest BCUT2D eigenvalue weighted by Crippen LogP contribution is -2.47. The maximum atomic E-state index is 5.84. The van der Waals surface area contributed by atoms with Crippen LogP contribution in [0.1, 0.15) is 39.0 Å². The van der Waals surface area contributed by atoms with Crippen molar-refractivity contribution in [3.8, 4) is 0 Å². The minimum atomic E-state index is 0.465. The Labute approximate surface area is 107 Å². The van der Waals surface area contributed by atoms with E-state index in [0.29, 0.717) is 17.6 Å². The van der Waals surface area contributed by atoms with E-state index < -0.39 is 0 Å². The molecule has 96 valence electrons. The second-order valence-electron chi connectivity index (χ2n) is 5.22. The third-order valence-electron chi connectivity index (χ3n) is 3.97. The molecule has 0 radical (unpaired) electrons. The first-order valence-electron chi connectivity index (χ1n) is 6.68. The fraction of sp³-hybridized carbons (Fsp3) is 0.615. The van der Waals surface area contributed by atoms with Crippen LogP contribution >= 0.6 is 0 Å². The average Bonchev–Trinajstić information content (AvgIpc) is 2.44. The first kappa shape index (κ1) is 11.4. The van der Waals surface area contributed by atoms with Crippen molar-refractivity contribution < 1.29 is 0 Å². The Morgan fingerprint density at radius 1 is 1.22 bits per heavy atom. The van der Waals surface area contributed by atoms with E-state index in [4.69, 9.17) is 5.73 Å². The maximum Gasteiger partial charge on any atom is 0.198 e. The lowest BCUT2D eigenvalue weighted by atomic mass is 9.85. The van der Waals surface area contributed by atoms with Gasteiger partial charge in [0.1, 0.15) is 0 Å². The normalized spacial score (nSPS) is 24.8. The number of nitrogens with zero attached hydrogens (tertiary/aromatic N) is 4. The van der Waals surface area contributed by atoms with Gasteiger partial charge in [0, 0.05) is 17.8 Å². The van der Waals surface area contributed by atoms with E-state index in [1.165, 1.54) is 37.8 Å². The Morgan fingerprint density at radius 2 is 2.00 bits per heavy atom. The molecule has 0 aromatic heterocycles. The molecule has 3 rings (SSSR count). The zero-order valence-corrected chi connectivity index (χ0v) is 10.8. The summed E-state index contributed by atoms with van der Waals surface area (Å²) in [6.07, 6.45) is 8.31. The van der Waals surface area contributed by atoms with Crippen molar-refractivity contribution in [1.29, 1.82) is 0 Å². The zero-order chi connectivity index (χ0) is 12.5. The van der Waals surface area contributed by atoms with Crippen molar-refractivity contribution in [2.24, 2.45) is 26.8 Å². The topological polar surface area (TPSA) is 66.3 Å². The minimum absolute atomic E-state index is 0.465. The van der Waals surface area contributed by atoms with Gasteiger partial charge in [-0.15, -0.1) is 5.10 Å². The van der Waals surface area contributed by atoms with Crippen LogP contribution < -0.4 is 5.73 Å². The monoisotopic (exact) mass is 245 g/mol. The molecule has 0 amide bonds. The average molecular weight is 245 g/mol. The number of allylic oxidation sites excluding steroid dienone is 1. The Balaban J connectivity index is 1.84. The number of fused-ring (bicyclic) bond motifs is 1. The maximum absolute atomic E-state index is 5.84. The summed E-state index contributed by atoms with van der Waals surface area (Å²) in [6, 6.07) is 0. The van der Waals surface area contributed by atoms with Gasteiger partial charge >= 0.3 is 0 Å². The summed E-state index contributed by atoms with van der Waals surface area (Å²) in [7, 11) is 0. The third kappa shape index (κ3) is 1.94. The Bertz CT molecular complexity index is 466. The number of aliphatic imine (C=N–C) groups is 1. The highest BCUT2D eigenvalue weighted by atomic mass is 15.4. The highest BCUT2D eigenvalue weighted by molar-refractivity contribution is 6.41. The van der Waals surface area contributed by atoms with E-state index in [0.717, 1.165) is 12.2 Å². The van der Waals surface area contributed by atoms with Gasteiger partial charge in [-0.2, -0.15) is 5.10 Å². The van der Waals surface area contributed by atoms with Gasteiger partial charge in [-0.1, -0.05) is 19.3 Å². The van der Waals surface area contributed by atoms with E-state index in [1.54, 1.807) is 6.20 Å². The number of hydrogen-bond acceptors (Lipinski definition) is 5. The molecular weight excluding hydrogens is 226 g/mol. The molecule has 2 N–H and O–H groups in total. The molecule has 18 heavy (non-hydrogen) atoms. The zero-order valence-electron chi connectivity index (χ0n) is 10.8. The molecule has 1 saturated carbocycles. The van der Waals surface area contributed by atoms with Gasteiger partial charge in [-0.3, -0.25) is 0 Å². The summed E-state index contributed by atoms with van der Waals surface area (Å²) in [5, 5.41) is 8.67. The van der Waals surface area contributed by atoms with E-state index in [9.17, 15) is 0 Å². The van der Waals surface area contributed by atoms with Gasteiger partial charge in [-0.05, 0) is 19.8 Å². The quantitative estimate of drug-likeness (QED) is 0.766. The van der Waals surface area contributed by atoms with Crippen LogP contribution in [-0.4, -0.2) is 28.8 Å². The molecule has 0 aromatic rings. The highest BCUT2D eigenvalue weighted by Crippen LogP contribution is 2.27. The van der Waals surface area contributed by atoms with Crippen LogP contribution in [-0.2, 0) is 0 Å². The predicted molar refractivity (Wildman–Crippen MR) is 73.5 cm³/mol. The summed E-state index contributed by atoms with van der Waals surface area (Å²) in [4.78, 5) is 6.25. The number of nitrogens with two attached hydrogens (primary N) is 1. The first-order chi connectivity index (χ1) is 8.75. The van der Waals surface area contributed by atoms with Gasteiger partial charge in [-0.25, -0.2) is 4.99 Å². The van der Waals surface area contributed by atoms with Crippen LogP contribution in [0.15, 0.2) is 27.1 Å². The molecule has 2 aliphatic heterocycles. The van der Waals surface area contributed by atoms with Crippen molar-refractivity contribution in [3.63, 3.8) is 0 Å². The second-order valence-corrected chi connectivity index (χ2v) is 5.22. The molecule has 5 nitrogen and oxygen atoms in total. The molecule has 0 atom stereocenters. The lowest BCUT2D eigenvalue weighted by molar-refractivity contribution is 0.425. The fourth-order valence-electron chi connectivity index (χ4n) is 2.85. The number of rotatable bonds is 1. The van der Waals surface area contributed by atoms with Crippen LogP contribution in [0.2, 0.25) is 0 Å². The van der Waals surface area contributed by atoms with Gasteiger partial charge in [0.15, 0.2) is 11.7 Å². The fourth-order valence-corrected chi connectivity index (χ4v) is 2.85. The Hall–Kier alpha value is -1.65. The van der Waals surface area contributed by atoms with E-state index in [-0.39, 0.29) is 0 Å². The predicted octanol–water partition coefficient (Wildman–Crippen LogP) is 1.87. The first-order valence-corrected chi connectivity index (χ1v) is 6.68. The van der Waals surface area contributed by atoms with Gasteiger partial charge in [0.25, 0.3) is 0 Å². The lowest BCUT2D eigenvalue weighted by Gasteiger charge is -2.33. The summed E-state index contributed by atoms with van der Waals surface area (Å²) < 4.78 is 0. The summed E-state index contributed by atoms with van der Waals surface area (Å²) >= 11 is 0. The molecule has 1 fully saturated rings. The summed E-state index contributed by atoms with van der Waals surface area (Å²) in [6.45, 7) is 2.86. The Kier molecular flexibility index (Phi) is 2.89. The van der Waals surface area contributed by atoms with Crippen molar-refractivity contribution in [3.05, 3.63) is 11.9 Å². The van der Waals surface area contributed by atoms with E-state index in [1.807, 2.05) is 6.92 Å². The van der Waals surface area contributed by atoms with Gasteiger partial charge in [0.05, 0.1) is 12.3 Å². The molecule has 5 heteroatoms. The Morgan fingerprint density at radius 3 is 2.78 bits per heavy atom. The van der Waals surface area contributed by atoms with Crippen LogP contribution in [0, 0.1) is 5.92 Å². The van der Waals surface area contributed by atoms with Crippen LogP contribution in [0.25, 0.3) is 0 Å². The van der Waals surface area contributed by atoms with Crippen LogP contribution in [0.4, 0.5) is 0 Å². The molecule has 0 saturated heterocycles. The minimum Gasteiger partial charge on any atom is -0.381 e. The number of amidine groups is 2. The molecule has 2 heterocycles. The molecule has 0 aromatic carbocycles. The van der Waals surface area contributed by atoms with Crippen LogP contribution in [0.3, 0.4) is 0 Å². The molecule has 0 unspecified atom stereocenters. The van der Waals surface area contributed by atoms with Crippen molar-refractivity contribution in [2.45, 2.75) is 39.0 Å². The SMILES string of the molecule is CC1=CN=C(N)C2=NN=C(C3CCCCC3)CN12. The standard InChI is InChI=1S/C13H19N5/c1-9-7-15-12(14)13-17-16-11(8-18(9)13)10-5-3-2-4-6-10/h7,10H,2-6,8H2,1H3,(H2,14,15). The third-order valence-corrected chi connectivity index (χ3v) is 3.97. The number of hydrogen-bond donors (Lipinski definition) is 1. The highest BCUT2D eigenvalue weighted by Gasteiger charge is 2.29. The second kappa shape index (κ2) is 4.55. The van der Waals surface area contributed by atoms with E-state index >= 15 is 0 Å². The molecular formula is C13H19N5. The van der Waals surface area contributed by atoms with Crippen LogP contribution in [0.5, 0.6) is 0 Å². The summed E-state index contributed by atoms with van der Waals surface area (Å²) in [5.74, 6) is 1.78. The smallest absolute Gasteiger partial charge is 0.198 e. The molecule has 1 aliphatic carbocycles. The largest absolute Gasteiger partial charge is 0.381 e. The molecule has 0 bridgehead atoms. The van der Waals surface area contributed by atoms with Crippen molar-refractivity contribution in [1.82, 2.24) is 4.90 Å². The van der Waals surface area contributed by atoms with Gasteiger partial charge < -0.3 is 10.6 Å². The van der Waals surface area contributed by atoms with Crippen molar-refractivity contribution >= 4 is 17.4 Å². The molecule has 0 spiro atoms. The van der Waals surface area contributed by atoms with Crippen molar-refractivity contribution in [2.75, 3.05) is 6.54 Å². The van der Waals surface area contributed by atoms with E-state index in [2.05, 4.69) is 20.1 Å². The van der Waals surface area contributed by atoms with Gasteiger partial charge in [0.2, 0.25) is 0 Å². The molecule has 3 aliphatic rings.